The van der Waals surface area contributed by atoms with Crippen molar-refractivity contribution in [3.05, 3.63) is 84.2 Å². The molecular weight excluding hydrogens is 352 g/mol. The third-order valence-electron chi connectivity index (χ3n) is 3.81. The van der Waals surface area contributed by atoms with E-state index in [1.165, 1.54) is 37.3 Å². The number of sulfonamides is 1. The van der Waals surface area contributed by atoms with Crippen molar-refractivity contribution in [3.63, 3.8) is 0 Å². The third-order valence-corrected chi connectivity index (χ3v) is 5.16. The summed E-state index contributed by atoms with van der Waals surface area (Å²) in [5, 5.41) is 0. The number of Topliss-reactive ketones (excluding diaryl/α,β-unsaturated/α-hetero) is 1. The smallest absolute Gasteiger partial charge is 0.265 e. The van der Waals surface area contributed by atoms with Gasteiger partial charge in [-0.3, -0.25) is 9.59 Å². The van der Waals surface area contributed by atoms with Crippen LogP contribution in [0, 0.1) is 0 Å². The Morgan fingerprint density at radius 3 is 2.15 bits per heavy atom. The lowest BCUT2D eigenvalue weighted by atomic mass is 10.2. The second kappa shape index (κ2) is 6.97. The lowest BCUT2D eigenvalue weighted by Crippen LogP contribution is -2.30. The monoisotopic (exact) mass is 368 g/mol. The molecule has 0 bridgehead atoms. The zero-order chi connectivity index (χ0) is 18.7. The molecule has 3 aromatic rings. The fourth-order valence-corrected chi connectivity index (χ4v) is 3.40. The molecule has 26 heavy (non-hydrogen) atoms. The minimum Gasteiger partial charge on any atom is -0.324 e. The zero-order valence-corrected chi connectivity index (χ0v) is 14.7. The van der Waals surface area contributed by atoms with E-state index in [0.29, 0.717) is 5.56 Å². The predicted octanol–water partition coefficient (Wildman–Crippen LogP) is 2.80. The molecule has 7 heteroatoms. The van der Waals surface area contributed by atoms with Crippen LogP contribution in [-0.2, 0) is 10.0 Å². The molecule has 0 saturated heterocycles. The molecule has 1 aromatic heterocycles. The number of nitrogens with one attached hydrogen (secondary N) is 1. The number of benzene rings is 2. The summed E-state index contributed by atoms with van der Waals surface area (Å²) in [6.45, 7) is 1.39. The number of hydrogen-bond acceptors (Lipinski definition) is 4. The Bertz CT molecular complexity index is 1050. The topological polar surface area (TPSA) is 85.2 Å². The van der Waals surface area contributed by atoms with Gasteiger partial charge in [-0.15, -0.1) is 0 Å². The van der Waals surface area contributed by atoms with E-state index in [1.54, 1.807) is 12.1 Å². The summed E-state index contributed by atoms with van der Waals surface area (Å²) < 4.78 is 28.6. The molecule has 0 saturated carbocycles. The van der Waals surface area contributed by atoms with Crippen molar-refractivity contribution in [1.29, 1.82) is 0 Å². The summed E-state index contributed by atoms with van der Waals surface area (Å²) in [4.78, 5) is 23.6. The standard InChI is InChI=1S/C19H16N2O4S/c1-14(22)15-7-9-18(10-8-15)26(24,25)20-19(23)16-5-4-6-17(13-16)21-11-2-3-12-21/h2-13H,1H3,(H,20,23). The van der Waals surface area contributed by atoms with Gasteiger partial charge in [-0.25, -0.2) is 13.1 Å². The van der Waals surface area contributed by atoms with Crippen LogP contribution >= 0.6 is 0 Å². The molecule has 1 heterocycles. The maximum Gasteiger partial charge on any atom is 0.265 e. The van der Waals surface area contributed by atoms with Crippen molar-refractivity contribution in [3.8, 4) is 5.69 Å². The minimum atomic E-state index is -4.03. The highest BCUT2D eigenvalue weighted by Gasteiger charge is 2.19. The van der Waals surface area contributed by atoms with Gasteiger partial charge in [-0.2, -0.15) is 0 Å². The van der Waals surface area contributed by atoms with Gasteiger partial charge in [0.05, 0.1) is 4.90 Å². The van der Waals surface area contributed by atoms with E-state index < -0.39 is 15.9 Å². The number of nitrogens with zero attached hydrogens (tertiary/aromatic N) is 1. The molecule has 0 spiro atoms. The van der Waals surface area contributed by atoms with Crippen LogP contribution in [0.25, 0.3) is 5.69 Å². The Balaban J connectivity index is 1.82. The lowest BCUT2D eigenvalue weighted by Gasteiger charge is -2.09. The molecule has 0 aliphatic rings. The number of hydrogen-bond donors (Lipinski definition) is 1. The van der Waals surface area contributed by atoms with Crippen LogP contribution in [0.1, 0.15) is 27.6 Å². The SMILES string of the molecule is CC(=O)c1ccc(S(=O)(=O)NC(=O)c2cccc(-n3cccc3)c2)cc1. The van der Waals surface area contributed by atoms with Crippen LogP contribution in [0.2, 0.25) is 0 Å². The van der Waals surface area contributed by atoms with Crippen LogP contribution in [0.4, 0.5) is 0 Å². The van der Waals surface area contributed by atoms with Crippen LogP contribution in [0.15, 0.2) is 78.0 Å². The normalized spacial score (nSPS) is 11.1. The van der Waals surface area contributed by atoms with E-state index in [4.69, 9.17) is 0 Å². The summed E-state index contributed by atoms with van der Waals surface area (Å²) in [5.41, 5.74) is 1.36. The summed E-state index contributed by atoms with van der Waals surface area (Å²) in [7, 11) is -4.03. The molecular formula is C19H16N2O4S. The fourth-order valence-electron chi connectivity index (χ4n) is 2.42. The number of aromatic nitrogens is 1. The average molecular weight is 368 g/mol. The van der Waals surface area contributed by atoms with E-state index in [9.17, 15) is 18.0 Å². The van der Waals surface area contributed by atoms with Gasteiger partial charge in [0.15, 0.2) is 5.78 Å². The van der Waals surface area contributed by atoms with Crippen LogP contribution < -0.4 is 4.72 Å². The van der Waals surface area contributed by atoms with Crippen molar-refractivity contribution >= 4 is 21.7 Å². The molecule has 0 atom stereocenters. The first kappa shape index (κ1) is 17.6. The van der Waals surface area contributed by atoms with E-state index in [0.717, 1.165) is 5.69 Å². The van der Waals surface area contributed by atoms with E-state index >= 15 is 0 Å². The largest absolute Gasteiger partial charge is 0.324 e. The molecule has 1 N–H and O–H groups in total. The molecule has 1 amide bonds. The lowest BCUT2D eigenvalue weighted by molar-refractivity contribution is 0.0979. The molecule has 0 aliphatic heterocycles. The van der Waals surface area contributed by atoms with Gasteiger partial charge in [0.25, 0.3) is 15.9 Å². The van der Waals surface area contributed by atoms with Crippen LogP contribution in [0.3, 0.4) is 0 Å². The molecule has 0 fully saturated rings. The van der Waals surface area contributed by atoms with Crippen molar-refractivity contribution in [1.82, 2.24) is 9.29 Å². The van der Waals surface area contributed by atoms with E-state index in [2.05, 4.69) is 0 Å². The third kappa shape index (κ3) is 3.73. The molecule has 6 nitrogen and oxygen atoms in total. The zero-order valence-electron chi connectivity index (χ0n) is 13.9. The first-order valence-corrected chi connectivity index (χ1v) is 9.27. The molecule has 0 radical (unpaired) electrons. The van der Waals surface area contributed by atoms with Crippen molar-refractivity contribution in [2.24, 2.45) is 0 Å². The minimum absolute atomic E-state index is 0.0857. The maximum atomic E-state index is 12.4. The summed E-state index contributed by atoms with van der Waals surface area (Å²) >= 11 is 0. The Labute approximate surface area is 151 Å². The first-order valence-electron chi connectivity index (χ1n) is 7.78. The van der Waals surface area contributed by atoms with Gasteiger partial charge in [-0.05, 0) is 49.4 Å². The number of carbonyl (C=O) groups is 2. The summed E-state index contributed by atoms with van der Waals surface area (Å²) in [5.74, 6) is -0.894. The molecule has 2 aromatic carbocycles. The quantitative estimate of drug-likeness (QED) is 0.702. The van der Waals surface area contributed by atoms with Gasteiger partial charge in [-0.1, -0.05) is 18.2 Å². The maximum absolute atomic E-state index is 12.4. The molecule has 0 unspecified atom stereocenters. The Kier molecular flexibility index (Phi) is 4.73. The van der Waals surface area contributed by atoms with Gasteiger partial charge in [0.1, 0.15) is 0 Å². The summed E-state index contributed by atoms with van der Waals surface area (Å²) in [6.07, 6.45) is 3.65. The predicted molar refractivity (Wildman–Crippen MR) is 96.9 cm³/mol. The number of ketones is 1. The fraction of sp³-hybridized carbons (Fsp3) is 0.0526. The van der Waals surface area contributed by atoms with Gasteiger partial charge >= 0.3 is 0 Å². The number of rotatable bonds is 5. The average Bonchev–Trinajstić information content (AvgIpc) is 3.16. The Hall–Kier alpha value is -3.19. The highest BCUT2D eigenvalue weighted by Crippen LogP contribution is 2.14. The number of carbonyl (C=O) groups excluding carboxylic acids is 2. The van der Waals surface area contributed by atoms with Gasteiger partial charge in [0.2, 0.25) is 0 Å². The summed E-state index contributed by atoms with van der Waals surface area (Å²) in [6, 6.07) is 15.7. The molecule has 132 valence electrons. The van der Waals surface area contributed by atoms with Gasteiger partial charge in [0, 0.05) is 29.2 Å². The van der Waals surface area contributed by atoms with Crippen LogP contribution in [-0.4, -0.2) is 24.7 Å². The second-order valence-corrected chi connectivity index (χ2v) is 7.34. The highest BCUT2D eigenvalue weighted by molar-refractivity contribution is 7.90. The van der Waals surface area contributed by atoms with Gasteiger partial charge < -0.3 is 4.57 Å². The molecule has 3 rings (SSSR count). The highest BCUT2D eigenvalue weighted by atomic mass is 32.2. The van der Waals surface area contributed by atoms with E-state index in [-0.39, 0.29) is 16.2 Å². The van der Waals surface area contributed by atoms with Crippen molar-refractivity contribution < 1.29 is 18.0 Å². The Morgan fingerprint density at radius 2 is 1.54 bits per heavy atom. The van der Waals surface area contributed by atoms with Crippen molar-refractivity contribution in [2.75, 3.05) is 0 Å². The van der Waals surface area contributed by atoms with Crippen molar-refractivity contribution in [2.45, 2.75) is 11.8 Å². The van der Waals surface area contributed by atoms with E-state index in [1.807, 2.05) is 39.9 Å². The van der Waals surface area contributed by atoms with Crippen LogP contribution in [0.5, 0.6) is 0 Å². The first-order chi connectivity index (χ1) is 12.4. The molecule has 0 aliphatic carbocycles. The Morgan fingerprint density at radius 1 is 0.885 bits per heavy atom. The number of amides is 1. The second-order valence-electron chi connectivity index (χ2n) is 5.66.